The van der Waals surface area contributed by atoms with Crippen molar-refractivity contribution in [2.75, 3.05) is 32.1 Å². The van der Waals surface area contributed by atoms with Crippen molar-refractivity contribution in [3.8, 4) is 0 Å². The number of pyridine rings is 1. The highest BCUT2D eigenvalue weighted by atomic mass is 79.9. The molecule has 0 aliphatic carbocycles. The van der Waals surface area contributed by atoms with Crippen LogP contribution in [0, 0.1) is 0 Å². The third-order valence-corrected chi connectivity index (χ3v) is 4.81. The predicted molar refractivity (Wildman–Crippen MR) is 86.7 cm³/mol. The zero-order valence-electron chi connectivity index (χ0n) is 12.5. The zero-order valence-corrected chi connectivity index (χ0v) is 14.1. The fourth-order valence-electron chi connectivity index (χ4n) is 3.40. The van der Waals surface area contributed by atoms with Crippen LogP contribution in [-0.2, 0) is 0 Å². The van der Waals surface area contributed by atoms with Gasteiger partial charge in [-0.2, -0.15) is 0 Å². The van der Waals surface area contributed by atoms with Crippen molar-refractivity contribution < 1.29 is 4.79 Å². The largest absolute Gasteiger partial charge is 0.362 e. The molecule has 0 radical (unpaired) electrons. The molecule has 114 valence electrons. The van der Waals surface area contributed by atoms with E-state index in [0.717, 1.165) is 42.6 Å². The van der Waals surface area contributed by atoms with E-state index < -0.39 is 0 Å². The Morgan fingerprint density at radius 2 is 2.14 bits per heavy atom. The SMILES string of the molecule is CN(C)c1ncc(Br)cc1C(=O)N1C2CCNCC1CC2. The van der Waals surface area contributed by atoms with Gasteiger partial charge in [0.15, 0.2) is 0 Å². The van der Waals surface area contributed by atoms with Crippen molar-refractivity contribution in [2.45, 2.75) is 31.3 Å². The molecule has 2 saturated heterocycles. The predicted octanol–water partition coefficient (Wildman–Crippen LogP) is 1.88. The molecule has 1 amide bonds. The fraction of sp³-hybridized carbons (Fsp3) is 0.600. The van der Waals surface area contributed by atoms with Crippen LogP contribution >= 0.6 is 15.9 Å². The van der Waals surface area contributed by atoms with Crippen LogP contribution in [0.3, 0.4) is 0 Å². The molecule has 2 bridgehead atoms. The molecule has 1 N–H and O–H groups in total. The van der Waals surface area contributed by atoms with E-state index in [2.05, 4.69) is 31.1 Å². The van der Waals surface area contributed by atoms with Gasteiger partial charge in [-0.25, -0.2) is 4.98 Å². The maximum Gasteiger partial charge on any atom is 0.258 e. The van der Waals surface area contributed by atoms with E-state index in [4.69, 9.17) is 0 Å². The molecular weight excluding hydrogens is 332 g/mol. The van der Waals surface area contributed by atoms with Crippen LogP contribution in [0.15, 0.2) is 16.7 Å². The Bertz CT molecular complexity index is 534. The minimum Gasteiger partial charge on any atom is -0.362 e. The highest BCUT2D eigenvalue weighted by Gasteiger charge is 2.39. The van der Waals surface area contributed by atoms with Gasteiger partial charge in [0.05, 0.1) is 5.56 Å². The molecule has 0 saturated carbocycles. The number of anilines is 1. The lowest BCUT2D eigenvalue weighted by Gasteiger charge is -2.29. The second-order valence-corrected chi connectivity index (χ2v) is 6.93. The molecule has 1 aromatic rings. The number of fused-ring (bicyclic) bond motifs is 2. The van der Waals surface area contributed by atoms with Crippen molar-refractivity contribution in [3.05, 3.63) is 22.3 Å². The molecule has 2 atom stereocenters. The van der Waals surface area contributed by atoms with Crippen molar-refractivity contribution in [1.82, 2.24) is 15.2 Å². The maximum atomic E-state index is 13.1. The minimum absolute atomic E-state index is 0.115. The fourth-order valence-corrected chi connectivity index (χ4v) is 3.73. The van der Waals surface area contributed by atoms with Crippen LogP contribution < -0.4 is 10.2 Å². The average molecular weight is 353 g/mol. The van der Waals surface area contributed by atoms with E-state index >= 15 is 0 Å². The first kappa shape index (κ1) is 14.8. The van der Waals surface area contributed by atoms with Crippen LogP contribution in [0.4, 0.5) is 5.82 Å². The summed E-state index contributed by atoms with van der Waals surface area (Å²) in [5.41, 5.74) is 0.688. The molecule has 2 aliphatic heterocycles. The maximum absolute atomic E-state index is 13.1. The lowest BCUT2D eigenvalue weighted by Crippen LogP contribution is -2.43. The molecule has 21 heavy (non-hydrogen) atoms. The standard InChI is InChI=1S/C15H21BrN4O/c1-19(2)14-13(7-10(16)8-18-14)15(21)20-11-3-4-12(20)9-17-6-5-11/h7-8,11-12,17H,3-6,9H2,1-2H3. The van der Waals surface area contributed by atoms with E-state index in [-0.39, 0.29) is 5.91 Å². The quantitative estimate of drug-likeness (QED) is 0.882. The van der Waals surface area contributed by atoms with Gasteiger partial charge in [-0.1, -0.05) is 0 Å². The van der Waals surface area contributed by atoms with E-state index in [1.807, 2.05) is 25.1 Å². The van der Waals surface area contributed by atoms with Crippen LogP contribution in [0.1, 0.15) is 29.6 Å². The number of carbonyl (C=O) groups excluding carboxylic acids is 1. The number of carbonyl (C=O) groups is 1. The van der Waals surface area contributed by atoms with Crippen molar-refractivity contribution in [3.63, 3.8) is 0 Å². The first-order chi connectivity index (χ1) is 10.1. The van der Waals surface area contributed by atoms with Crippen LogP contribution in [0.2, 0.25) is 0 Å². The molecule has 5 nitrogen and oxygen atoms in total. The van der Waals surface area contributed by atoms with E-state index in [1.165, 1.54) is 0 Å². The highest BCUT2D eigenvalue weighted by Crippen LogP contribution is 2.31. The molecule has 2 unspecified atom stereocenters. The van der Waals surface area contributed by atoms with E-state index in [1.54, 1.807) is 6.20 Å². The summed E-state index contributed by atoms with van der Waals surface area (Å²) in [4.78, 5) is 21.5. The van der Waals surface area contributed by atoms with Gasteiger partial charge in [-0.15, -0.1) is 0 Å². The first-order valence-electron chi connectivity index (χ1n) is 7.44. The normalized spacial score (nSPS) is 24.8. The Morgan fingerprint density at radius 1 is 1.38 bits per heavy atom. The average Bonchev–Trinajstić information content (AvgIpc) is 2.70. The zero-order chi connectivity index (χ0) is 15.0. The molecule has 3 heterocycles. The van der Waals surface area contributed by atoms with Crippen LogP contribution in [0.25, 0.3) is 0 Å². The number of amides is 1. The van der Waals surface area contributed by atoms with Gasteiger partial charge < -0.3 is 15.1 Å². The molecule has 6 heteroatoms. The van der Waals surface area contributed by atoms with Crippen LogP contribution in [-0.4, -0.2) is 55.1 Å². The Morgan fingerprint density at radius 3 is 2.90 bits per heavy atom. The van der Waals surface area contributed by atoms with Gasteiger partial charge in [0.25, 0.3) is 5.91 Å². The topological polar surface area (TPSA) is 48.5 Å². The van der Waals surface area contributed by atoms with Gasteiger partial charge in [-0.05, 0) is 47.8 Å². The van der Waals surface area contributed by atoms with Gasteiger partial charge >= 0.3 is 0 Å². The summed E-state index contributed by atoms with van der Waals surface area (Å²) in [7, 11) is 3.84. The molecule has 2 aliphatic rings. The summed E-state index contributed by atoms with van der Waals surface area (Å²) in [6.45, 7) is 1.91. The Labute approximate surface area is 133 Å². The number of nitrogens with one attached hydrogen (secondary N) is 1. The lowest BCUT2D eigenvalue weighted by atomic mass is 10.1. The third-order valence-electron chi connectivity index (χ3n) is 4.38. The summed E-state index contributed by atoms with van der Waals surface area (Å²) >= 11 is 3.43. The summed E-state index contributed by atoms with van der Waals surface area (Å²) in [5.74, 6) is 0.850. The molecule has 1 aromatic heterocycles. The first-order valence-corrected chi connectivity index (χ1v) is 8.23. The van der Waals surface area contributed by atoms with Crippen LogP contribution in [0.5, 0.6) is 0 Å². The van der Waals surface area contributed by atoms with Crippen molar-refractivity contribution in [1.29, 1.82) is 0 Å². The molecule has 2 fully saturated rings. The summed E-state index contributed by atoms with van der Waals surface area (Å²) in [5, 5.41) is 3.43. The summed E-state index contributed by atoms with van der Waals surface area (Å²) < 4.78 is 0.844. The minimum atomic E-state index is 0.115. The molecule has 0 aromatic carbocycles. The number of rotatable bonds is 2. The van der Waals surface area contributed by atoms with E-state index in [9.17, 15) is 4.79 Å². The third kappa shape index (κ3) is 2.79. The van der Waals surface area contributed by atoms with Crippen molar-refractivity contribution >= 4 is 27.7 Å². The van der Waals surface area contributed by atoms with Gasteiger partial charge in [-0.3, -0.25) is 4.79 Å². The highest BCUT2D eigenvalue weighted by molar-refractivity contribution is 9.10. The number of aromatic nitrogens is 1. The Hall–Kier alpha value is -1.14. The summed E-state index contributed by atoms with van der Waals surface area (Å²) in [6, 6.07) is 2.58. The van der Waals surface area contributed by atoms with E-state index in [0.29, 0.717) is 17.6 Å². The molecule has 3 rings (SSSR count). The molecule has 0 spiro atoms. The van der Waals surface area contributed by atoms with Gasteiger partial charge in [0.1, 0.15) is 5.82 Å². The Balaban J connectivity index is 1.96. The van der Waals surface area contributed by atoms with Gasteiger partial charge in [0, 0.05) is 43.4 Å². The molecular formula is C15H21BrN4O. The second-order valence-electron chi connectivity index (χ2n) is 6.01. The summed E-state index contributed by atoms with van der Waals surface area (Å²) in [6.07, 6.45) is 5.00. The monoisotopic (exact) mass is 352 g/mol. The number of hydrogen-bond donors (Lipinski definition) is 1. The second kappa shape index (κ2) is 5.93. The number of hydrogen-bond acceptors (Lipinski definition) is 4. The van der Waals surface area contributed by atoms with Gasteiger partial charge in [0.2, 0.25) is 0 Å². The number of halogens is 1. The lowest BCUT2D eigenvalue weighted by molar-refractivity contribution is 0.0680. The number of nitrogens with zero attached hydrogens (tertiary/aromatic N) is 3. The Kier molecular flexibility index (Phi) is 4.17. The smallest absolute Gasteiger partial charge is 0.258 e. The van der Waals surface area contributed by atoms with Crippen molar-refractivity contribution in [2.24, 2.45) is 0 Å².